The molecular formula is C20H28ClFN2O2. The average Bonchev–Trinajstić information content (AvgIpc) is 3.15. The first-order valence-corrected chi connectivity index (χ1v) is 10.0. The van der Waals surface area contributed by atoms with Crippen molar-refractivity contribution in [2.45, 2.75) is 51.2 Å². The maximum atomic E-state index is 13.1. The minimum absolute atomic E-state index is 0.140. The van der Waals surface area contributed by atoms with E-state index in [4.69, 9.17) is 16.3 Å². The van der Waals surface area contributed by atoms with E-state index in [2.05, 4.69) is 10.2 Å². The molecule has 0 aromatic heterocycles. The van der Waals surface area contributed by atoms with Gasteiger partial charge in [-0.1, -0.05) is 17.7 Å². The summed E-state index contributed by atoms with van der Waals surface area (Å²) in [5.41, 5.74) is 0.972. The minimum Gasteiger partial charge on any atom is -0.376 e. The first-order valence-electron chi connectivity index (χ1n) is 9.65. The molecule has 1 N–H and O–H groups in total. The van der Waals surface area contributed by atoms with Crippen LogP contribution in [0.3, 0.4) is 0 Å². The molecule has 1 aromatic rings. The number of hydrogen-bond donors (Lipinski definition) is 1. The van der Waals surface area contributed by atoms with Crippen LogP contribution in [0.5, 0.6) is 0 Å². The molecule has 0 aliphatic carbocycles. The molecule has 2 aliphatic heterocycles. The zero-order valence-corrected chi connectivity index (χ0v) is 15.9. The number of piperidine rings is 1. The van der Waals surface area contributed by atoms with E-state index in [1.54, 1.807) is 6.07 Å². The molecule has 1 unspecified atom stereocenters. The predicted molar refractivity (Wildman–Crippen MR) is 101 cm³/mol. The number of halogens is 2. The summed E-state index contributed by atoms with van der Waals surface area (Å²) >= 11 is 6.12. The van der Waals surface area contributed by atoms with Gasteiger partial charge < -0.3 is 10.1 Å². The van der Waals surface area contributed by atoms with Gasteiger partial charge in [-0.2, -0.15) is 0 Å². The van der Waals surface area contributed by atoms with Gasteiger partial charge in [-0.3, -0.25) is 9.69 Å². The smallest absolute Gasteiger partial charge is 0.220 e. The van der Waals surface area contributed by atoms with Gasteiger partial charge in [0.1, 0.15) is 5.82 Å². The molecule has 1 amide bonds. The summed E-state index contributed by atoms with van der Waals surface area (Å²) in [4.78, 5) is 14.3. The van der Waals surface area contributed by atoms with Crippen LogP contribution in [0.2, 0.25) is 5.02 Å². The molecule has 0 saturated carbocycles. The number of benzene rings is 1. The molecule has 2 aliphatic rings. The van der Waals surface area contributed by atoms with Gasteiger partial charge in [-0.25, -0.2) is 4.39 Å². The van der Waals surface area contributed by atoms with Gasteiger partial charge >= 0.3 is 0 Å². The summed E-state index contributed by atoms with van der Waals surface area (Å²) in [5, 5.41) is 3.49. The van der Waals surface area contributed by atoms with Crippen molar-refractivity contribution in [2.24, 2.45) is 5.92 Å². The molecule has 0 spiro atoms. The van der Waals surface area contributed by atoms with Crippen LogP contribution < -0.4 is 5.32 Å². The van der Waals surface area contributed by atoms with Crippen molar-refractivity contribution in [3.63, 3.8) is 0 Å². The number of amides is 1. The van der Waals surface area contributed by atoms with E-state index in [0.29, 0.717) is 23.9 Å². The van der Waals surface area contributed by atoms with Crippen LogP contribution in [0.4, 0.5) is 4.39 Å². The lowest BCUT2D eigenvalue weighted by atomic mass is 9.92. The highest BCUT2D eigenvalue weighted by atomic mass is 35.5. The third kappa shape index (κ3) is 5.93. The number of ether oxygens (including phenoxy) is 1. The van der Waals surface area contributed by atoms with Crippen molar-refractivity contribution in [1.29, 1.82) is 0 Å². The van der Waals surface area contributed by atoms with Crippen molar-refractivity contribution < 1.29 is 13.9 Å². The maximum absolute atomic E-state index is 13.1. The maximum Gasteiger partial charge on any atom is 0.220 e. The fraction of sp³-hybridized carbons (Fsp3) is 0.650. The molecular weight excluding hydrogens is 355 g/mol. The number of rotatable bonds is 7. The number of nitrogens with zero attached hydrogens (tertiary/aromatic N) is 1. The second-order valence-electron chi connectivity index (χ2n) is 7.43. The quantitative estimate of drug-likeness (QED) is 0.780. The summed E-state index contributed by atoms with van der Waals surface area (Å²) < 4.78 is 18.7. The summed E-state index contributed by atoms with van der Waals surface area (Å²) in [6, 6.07) is 4.60. The normalized spacial score (nSPS) is 21.8. The molecule has 144 valence electrons. The van der Waals surface area contributed by atoms with Gasteiger partial charge in [-0.05, 0) is 68.8 Å². The third-order valence-electron chi connectivity index (χ3n) is 5.45. The van der Waals surface area contributed by atoms with E-state index < -0.39 is 0 Å². The Hall–Kier alpha value is -1.17. The number of hydrogen-bond acceptors (Lipinski definition) is 3. The highest BCUT2D eigenvalue weighted by Crippen LogP contribution is 2.25. The SMILES string of the molecule is O=C(CCC1CCN(Cc2ccc(F)cc2Cl)CC1)NCC1CCCO1. The lowest BCUT2D eigenvalue weighted by molar-refractivity contribution is -0.122. The fourth-order valence-electron chi connectivity index (χ4n) is 3.78. The van der Waals surface area contributed by atoms with Gasteiger partial charge in [0.15, 0.2) is 0 Å². The Balaban J connectivity index is 1.32. The molecule has 3 rings (SSSR count). The Morgan fingerprint density at radius 2 is 2.12 bits per heavy atom. The number of likely N-dealkylation sites (tertiary alicyclic amines) is 1. The largest absolute Gasteiger partial charge is 0.376 e. The van der Waals surface area contributed by atoms with Gasteiger partial charge in [0.2, 0.25) is 5.91 Å². The summed E-state index contributed by atoms with van der Waals surface area (Å²) in [6.07, 6.45) is 6.10. The molecule has 6 heteroatoms. The second kappa shape index (κ2) is 9.67. The Morgan fingerprint density at radius 1 is 1.31 bits per heavy atom. The van der Waals surface area contributed by atoms with E-state index in [1.807, 2.05) is 0 Å². The highest BCUT2D eigenvalue weighted by molar-refractivity contribution is 6.31. The fourth-order valence-corrected chi connectivity index (χ4v) is 4.01. The van der Waals surface area contributed by atoms with E-state index >= 15 is 0 Å². The van der Waals surface area contributed by atoms with Crippen LogP contribution in [-0.2, 0) is 16.1 Å². The van der Waals surface area contributed by atoms with E-state index in [0.717, 1.165) is 63.9 Å². The third-order valence-corrected chi connectivity index (χ3v) is 5.80. The molecule has 2 heterocycles. The summed E-state index contributed by atoms with van der Waals surface area (Å²) in [6.45, 7) is 4.22. The average molecular weight is 383 g/mol. The van der Waals surface area contributed by atoms with E-state index in [9.17, 15) is 9.18 Å². The monoisotopic (exact) mass is 382 g/mol. The van der Waals surface area contributed by atoms with Crippen LogP contribution in [0.1, 0.15) is 44.1 Å². The molecule has 2 fully saturated rings. The van der Waals surface area contributed by atoms with Crippen LogP contribution in [-0.4, -0.2) is 43.2 Å². The minimum atomic E-state index is -0.296. The second-order valence-corrected chi connectivity index (χ2v) is 7.84. The Bertz CT molecular complexity index is 599. The molecule has 26 heavy (non-hydrogen) atoms. The van der Waals surface area contributed by atoms with E-state index in [-0.39, 0.29) is 17.8 Å². The van der Waals surface area contributed by atoms with Gasteiger partial charge in [0, 0.05) is 31.1 Å². The lowest BCUT2D eigenvalue weighted by Crippen LogP contribution is -2.35. The van der Waals surface area contributed by atoms with Gasteiger partial charge in [0.05, 0.1) is 6.10 Å². The van der Waals surface area contributed by atoms with Crippen molar-refractivity contribution in [1.82, 2.24) is 10.2 Å². The zero-order valence-electron chi connectivity index (χ0n) is 15.2. The van der Waals surface area contributed by atoms with Crippen LogP contribution in [0.15, 0.2) is 18.2 Å². The summed E-state index contributed by atoms with van der Waals surface area (Å²) in [7, 11) is 0. The number of carbonyl (C=O) groups is 1. The first-order chi connectivity index (χ1) is 12.6. The van der Waals surface area contributed by atoms with Crippen LogP contribution >= 0.6 is 11.6 Å². The zero-order chi connectivity index (χ0) is 18.4. The van der Waals surface area contributed by atoms with E-state index in [1.165, 1.54) is 12.1 Å². The van der Waals surface area contributed by atoms with Crippen molar-refractivity contribution in [2.75, 3.05) is 26.2 Å². The summed E-state index contributed by atoms with van der Waals surface area (Å²) in [5.74, 6) is 0.444. The number of carbonyl (C=O) groups excluding carboxylic acids is 1. The lowest BCUT2D eigenvalue weighted by Gasteiger charge is -2.32. The van der Waals surface area contributed by atoms with Crippen LogP contribution in [0.25, 0.3) is 0 Å². The molecule has 0 radical (unpaired) electrons. The molecule has 1 aromatic carbocycles. The van der Waals surface area contributed by atoms with Gasteiger partial charge in [0.25, 0.3) is 0 Å². The van der Waals surface area contributed by atoms with Crippen molar-refractivity contribution in [3.05, 3.63) is 34.6 Å². The topological polar surface area (TPSA) is 41.6 Å². The number of nitrogens with one attached hydrogen (secondary N) is 1. The molecule has 2 saturated heterocycles. The molecule has 1 atom stereocenters. The van der Waals surface area contributed by atoms with Gasteiger partial charge in [-0.15, -0.1) is 0 Å². The highest BCUT2D eigenvalue weighted by Gasteiger charge is 2.21. The molecule has 0 bridgehead atoms. The Morgan fingerprint density at radius 3 is 2.81 bits per heavy atom. The predicted octanol–water partition coefficient (Wildman–Crippen LogP) is 3.77. The van der Waals surface area contributed by atoms with Crippen LogP contribution in [0, 0.1) is 11.7 Å². The standard InChI is InChI=1S/C20H28ClFN2O2/c21-19-12-17(22)5-4-16(19)14-24-9-7-15(8-10-24)3-6-20(25)23-13-18-2-1-11-26-18/h4-5,12,15,18H,1-3,6-11,13-14H2,(H,23,25). The first kappa shape index (κ1) is 19.6. The van der Waals surface area contributed by atoms with Crippen molar-refractivity contribution >= 4 is 17.5 Å². The van der Waals surface area contributed by atoms with Crippen molar-refractivity contribution in [3.8, 4) is 0 Å². The molecule has 4 nitrogen and oxygen atoms in total. The Labute approximate surface area is 160 Å². The Kier molecular flexibility index (Phi) is 7.29.